The summed E-state index contributed by atoms with van der Waals surface area (Å²) in [7, 11) is 0. The standard InChI is InChI=1S/C17H19N3S/c1-11-8-12-6-7-14(9-13(12)10-19-11)20-17(18)15-4-2-3-5-16(15)21/h2-4,6-7,9,11,19H,5,8,10H2,1H3,(H2,18,20). The van der Waals surface area contributed by atoms with Gasteiger partial charge < -0.3 is 10.6 Å². The molecule has 1 aromatic rings. The Kier molecular flexibility index (Phi) is 3.99. The Morgan fingerprint density at radius 1 is 1.38 bits per heavy atom. The number of hydrogen-bond acceptors (Lipinski definition) is 3. The average molecular weight is 297 g/mol. The van der Waals surface area contributed by atoms with Gasteiger partial charge in [0.05, 0.1) is 0 Å². The highest BCUT2D eigenvalue weighted by Crippen LogP contribution is 2.22. The van der Waals surface area contributed by atoms with Crippen LogP contribution >= 0.6 is 12.2 Å². The first-order valence-corrected chi connectivity index (χ1v) is 7.65. The minimum atomic E-state index is 0.376. The molecule has 4 heteroatoms. The van der Waals surface area contributed by atoms with E-state index in [1.54, 1.807) is 0 Å². The molecule has 0 radical (unpaired) electrons. The van der Waals surface area contributed by atoms with E-state index in [9.17, 15) is 0 Å². The fraction of sp³-hybridized carbons (Fsp3) is 0.294. The summed E-state index contributed by atoms with van der Waals surface area (Å²) in [5, 5.41) is 14.8. The van der Waals surface area contributed by atoms with Crippen LogP contribution in [0.3, 0.4) is 0 Å². The predicted octanol–water partition coefficient (Wildman–Crippen LogP) is 3.37. The smallest absolute Gasteiger partial charge is 0.131 e. The van der Waals surface area contributed by atoms with E-state index in [0.29, 0.717) is 11.9 Å². The van der Waals surface area contributed by atoms with Gasteiger partial charge in [-0.1, -0.05) is 36.5 Å². The maximum Gasteiger partial charge on any atom is 0.131 e. The lowest BCUT2D eigenvalue weighted by Crippen LogP contribution is -2.32. The minimum absolute atomic E-state index is 0.376. The van der Waals surface area contributed by atoms with Gasteiger partial charge in [-0.25, -0.2) is 0 Å². The lowest BCUT2D eigenvalue weighted by Gasteiger charge is -2.24. The van der Waals surface area contributed by atoms with E-state index < -0.39 is 0 Å². The molecule has 1 aromatic carbocycles. The summed E-state index contributed by atoms with van der Waals surface area (Å²) in [5.41, 5.74) is 4.48. The molecule has 3 nitrogen and oxygen atoms in total. The van der Waals surface area contributed by atoms with Gasteiger partial charge in [0.2, 0.25) is 0 Å². The van der Waals surface area contributed by atoms with Crippen molar-refractivity contribution in [3.05, 3.63) is 53.1 Å². The van der Waals surface area contributed by atoms with Crippen LogP contribution < -0.4 is 10.6 Å². The maximum absolute atomic E-state index is 8.21. The van der Waals surface area contributed by atoms with Crippen molar-refractivity contribution < 1.29 is 0 Å². The van der Waals surface area contributed by atoms with Crippen LogP contribution in [0.25, 0.3) is 0 Å². The second-order valence-electron chi connectivity index (χ2n) is 5.61. The summed E-state index contributed by atoms with van der Waals surface area (Å²) in [6, 6.07) is 6.88. The summed E-state index contributed by atoms with van der Waals surface area (Å²) in [6.45, 7) is 3.10. The topological polar surface area (TPSA) is 47.9 Å². The average Bonchev–Trinajstić information content (AvgIpc) is 2.48. The third kappa shape index (κ3) is 3.12. The molecule has 3 N–H and O–H groups in total. The van der Waals surface area contributed by atoms with Crippen LogP contribution in [0.5, 0.6) is 0 Å². The first-order valence-electron chi connectivity index (χ1n) is 7.24. The number of rotatable bonds is 2. The molecular formula is C17H19N3S. The van der Waals surface area contributed by atoms with E-state index in [1.807, 2.05) is 24.3 Å². The van der Waals surface area contributed by atoms with Gasteiger partial charge >= 0.3 is 0 Å². The van der Waals surface area contributed by atoms with Crippen molar-refractivity contribution >= 4 is 28.6 Å². The fourth-order valence-electron chi connectivity index (χ4n) is 2.73. The number of benzene rings is 1. The highest BCUT2D eigenvalue weighted by molar-refractivity contribution is 7.81. The summed E-state index contributed by atoms with van der Waals surface area (Å²) in [6.07, 6.45) is 7.69. The molecule has 0 fully saturated rings. The zero-order chi connectivity index (χ0) is 14.8. The molecule has 1 unspecified atom stereocenters. The normalized spacial score (nSPS) is 20.7. The lowest BCUT2D eigenvalue weighted by molar-refractivity contribution is 0.514. The molecule has 0 aromatic heterocycles. The molecule has 2 aliphatic rings. The molecule has 1 heterocycles. The number of fused-ring (bicyclic) bond motifs is 1. The zero-order valence-corrected chi connectivity index (χ0v) is 12.9. The number of nitrogens with one attached hydrogen (secondary N) is 3. The van der Waals surface area contributed by atoms with Crippen LogP contribution in [-0.2, 0) is 13.0 Å². The molecule has 1 atom stereocenters. The van der Waals surface area contributed by atoms with Crippen LogP contribution in [0.2, 0.25) is 0 Å². The van der Waals surface area contributed by atoms with Crippen LogP contribution in [0.1, 0.15) is 24.5 Å². The summed E-state index contributed by atoms with van der Waals surface area (Å²) in [4.78, 5) is 0.823. The monoisotopic (exact) mass is 297 g/mol. The van der Waals surface area contributed by atoms with E-state index in [2.05, 4.69) is 29.7 Å². The Morgan fingerprint density at radius 2 is 2.24 bits per heavy atom. The fourth-order valence-corrected chi connectivity index (χ4v) is 3.00. The van der Waals surface area contributed by atoms with Crippen molar-refractivity contribution in [2.45, 2.75) is 32.4 Å². The van der Waals surface area contributed by atoms with Gasteiger partial charge in [0.25, 0.3) is 0 Å². The van der Waals surface area contributed by atoms with Gasteiger partial charge in [-0.05, 0) is 36.6 Å². The van der Waals surface area contributed by atoms with Gasteiger partial charge in [0.1, 0.15) is 5.84 Å². The van der Waals surface area contributed by atoms with Crippen LogP contribution in [0, 0.1) is 5.41 Å². The van der Waals surface area contributed by atoms with Crippen molar-refractivity contribution in [3.63, 3.8) is 0 Å². The largest absolute Gasteiger partial charge is 0.340 e. The van der Waals surface area contributed by atoms with Crippen molar-refractivity contribution in [1.82, 2.24) is 5.32 Å². The Hall–Kier alpha value is -1.78. The Labute approximate surface area is 130 Å². The molecule has 0 spiro atoms. The summed E-state index contributed by atoms with van der Waals surface area (Å²) >= 11 is 5.32. The SMILES string of the molecule is CC1Cc2ccc(NC(=N)C3=CC=CCC3=S)cc2CN1. The molecule has 1 aliphatic heterocycles. The van der Waals surface area contributed by atoms with Gasteiger partial charge in [-0.15, -0.1) is 0 Å². The number of anilines is 1. The third-order valence-electron chi connectivity index (χ3n) is 3.91. The molecule has 1 aliphatic carbocycles. The van der Waals surface area contributed by atoms with Crippen LogP contribution in [0.15, 0.2) is 42.0 Å². The van der Waals surface area contributed by atoms with Gasteiger partial charge in [0.15, 0.2) is 0 Å². The van der Waals surface area contributed by atoms with Gasteiger partial charge in [0, 0.05) is 35.1 Å². The molecule has 0 saturated carbocycles. The number of allylic oxidation sites excluding steroid dienone is 3. The molecule has 0 bridgehead atoms. The highest BCUT2D eigenvalue weighted by atomic mass is 32.1. The Bertz CT molecular complexity index is 658. The van der Waals surface area contributed by atoms with Crippen molar-refractivity contribution in [2.75, 3.05) is 5.32 Å². The summed E-state index contributed by atoms with van der Waals surface area (Å²) < 4.78 is 0. The van der Waals surface area contributed by atoms with Crippen LogP contribution in [-0.4, -0.2) is 16.7 Å². The quantitative estimate of drug-likeness (QED) is 0.445. The first kappa shape index (κ1) is 14.2. The van der Waals surface area contributed by atoms with Gasteiger partial charge in [-0.3, -0.25) is 5.41 Å². The predicted molar refractivity (Wildman–Crippen MR) is 92.2 cm³/mol. The molecule has 3 rings (SSSR count). The molecular weight excluding hydrogens is 278 g/mol. The second kappa shape index (κ2) is 5.92. The molecule has 108 valence electrons. The van der Waals surface area contributed by atoms with E-state index in [4.69, 9.17) is 17.6 Å². The van der Waals surface area contributed by atoms with E-state index in [-0.39, 0.29) is 0 Å². The van der Waals surface area contributed by atoms with Crippen molar-refractivity contribution in [2.24, 2.45) is 0 Å². The van der Waals surface area contributed by atoms with Crippen molar-refractivity contribution in [1.29, 1.82) is 5.41 Å². The van der Waals surface area contributed by atoms with Gasteiger partial charge in [-0.2, -0.15) is 0 Å². The van der Waals surface area contributed by atoms with Crippen LogP contribution in [0.4, 0.5) is 5.69 Å². The number of hydrogen-bond donors (Lipinski definition) is 3. The second-order valence-corrected chi connectivity index (χ2v) is 6.10. The van der Waals surface area contributed by atoms with Crippen molar-refractivity contribution in [3.8, 4) is 0 Å². The highest BCUT2D eigenvalue weighted by Gasteiger charge is 2.16. The van der Waals surface area contributed by atoms with E-state index in [1.165, 1.54) is 11.1 Å². The third-order valence-corrected chi connectivity index (χ3v) is 4.30. The summed E-state index contributed by atoms with van der Waals surface area (Å²) in [5.74, 6) is 0.376. The molecule has 0 saturated heterocycles. The van der Waals surface area contributed by atoms with E-state index >= 15 is 0 Å². The first-order chi connectivity index (χ1) is 10.1. The Morgan fingerprint density at radius 3 is 3.05 bits per heavy atom. The number of amidine groups is 1. The Balaban J connectivity index is 1.76. The lowest BCUT2D eigenvalue weighted by atomic mass is 9.96. The van der Waals surface area contributed by atoms with E-state index in [0.717, 1.165) is 35.5 Å². The minimum Gasteiger partial charge on any atom is -0.340 e. The number of thiocarbonyl (C=S) groups is 1. The molecule has 21 heavy (non-hydrogen) atoms. The zero-order valence-electron chi connectivity index (χ0n) is 12.1. The maximum atomic E-state index is 8.21. The molecule has 0 amide bonds.